The molecule has 1 aromatic heterocycles. The highest BCUT2D eigenvalue weighted by Gasteiger charge is 2.33. The molecule has 0 atom stereocenters. The van der Waals surface area contributed by atoms with Crippen molar-refractivity contribution < 1.29 is 14.7 Å². The zero-order valence-electron chi connectivity index (χ0n) is 24.0. The van der Waals surface area contributed by atoms with Gasteiger partial charge in [0, 0.05) is 38.2 Å². The van der Waals surface area contributed by atoms with Crippen molar-refractivity contribution in [3.05, 3.63) is 31.9 Å². The van der Waals surface area contributed by atoms with Crippen LogP contribution in [0, 0.1) is 24.2 Å². The molecule has 2 aliphatic heterocycles. The summed E-state index contributed by atoms with van der Waals surface area (Å²) in [6.07, 6.45) is 12.1. The van der Waals surface area contributed by atoms with Gasteiger partial charge in [-0.3, -0.25) is 23.9 Å². The third kappa shape index (κ3) is 7.97. The number of amides is 1. The number of carbonyl (C=O) groups is 2. The van der Waals surface area contributed by atoms with E-state index in [2.05, 4.69) is 17.9 Å². The molecule has 0 aromatic carbocycles. The molecule has 0 spiro atoms. The fourth-order valence-corrected chi connectivity index (χ4v) is 6.72. The third-order valence-electron chi connectivity index (χ3n) is 7.92. The van der Waals surface area contributed by atoms with Crippen molar-refractivity contribution in [2.75, 3.05) is 24.5 Å². The van der Waals surface area contributed by atoms with Crippen LogP contribution >= 0.6 is 24.0 Å². The summed E-state index contributed by atoms with van der Waals surface area (Å²) >= 11 is 6.87. The topological polar surface area (TPSA) is 107 Å². The van der Waals surface area contributed by atoms with E-state index < -0.39 is 5.97 Å². The van der Waals surface area contributed by atoms with Crippen LogP contribution in [0.15, 0.2) is 9.70 Å². The number of unbranched alkanes of at least 4 members (excludes halogenated alkanes) is 7. The van der Waals surface area contributed by atoms with Crippen LogP contribution in [0.1, 0.15) is 101 Å². The number of anilines is 1. The lowest BCUT2D eigenvalue weighted by Crippen LogP contribution is -2.39. The average molecular weight is 587 g/mol. The molecule has 3 heterocycles. The summed E-state index contributed by atoms with van der Waals surface area (Å²) in [6.45, 7) is 8.64. The lowest BCUT2D eigenvalue weighted by Gasteiger charge is -2.35. The molecule has 1 amide bonds. The van der Waals surface area contributed by atoms with Gasteiger partial charge in [0.15, 0.2) is 0 Å². The van der Waals surface area contributed by atoms with Crippen molar-refractivity contribution in [1.82, 2.24) is 9.47 Å². The van der Waals surface area contributed by atoms with Crippen molar-refractivity contribution >= 4 is 52.1 Å². The van der Waals surface area contributed by atoms with Gasteiger partial charge in [-0.2, -0.15) is 5.26 Å². The summed E-state index contributed by atoms with van der Waals surface area (Å²) in [5.74, 6) is 0.582. The number of carbonyl (C=O) groups excluding carboxylic acids is 1. The number of nitriles is 1. The standard InChI is InChI=1S/C30H42N4O4S2/c1-4-33-27(32-17-14-21(2)15-18-32)23(22(3)24(20-31)28(33)37)19-25-29(38)34(30(39)40-25)16-12-10-8-6-5-7-9-11-13-26(35)36/h19,21H,4-18H2,1-3H3,(H,35,36). The van der Waals surface area contributed by atoms with Gasteiger partial charge in [0.1, 0.15) is 21.8 Å². The van der Waals surface area contributed by atoms with Crippen molar-refractivity contribution in [2.45, 2.75) is 97.9 Å². The van der Waals surface area contributed by atoms with Gasteiger partial charge < -0.3 is 10.0 Å². The molecule has 0 saturated carbocycles. The van der Waals surface area contributed by atoms with Gasteiger partial charge >= 0.3 is 5.97 Å². The maximum absolute atomic E-state index is 13.4. The molecule has 0 bridgehead atoms. The van der Waals surface area contributed by atoms with E-state index in [-0.39, 0.29) is 23.5 Å². The maximum Gasteiger partial charge on any atom is 0.303 e. The summed E-state index contributed by atoms with van der Waals surface area (Å²) in [5, 5.41) is 18.5. The molecule has 40 heavy (non-hydrogen) atoms. The van der Waals surface area contributed by atoms with E-state index >= 15 is 0 Å². The fraction of sp³-hybridized carbons (Fsp3) is 0.633. The Kier molecular flexibility index (Phi) is 12.3. The van der Waals surface area contributed by atoms with Gasteiger partial charge in [-0.1, -0.05) is 69.4 Å². The minimum atomic E-state index is -0.727. The van der Waals surface area contributed by atoms with Gasteiger partial charge in [0.25, 0.3) is 11.5 Å². The Hall–Kier alpha value is -2.64. The molecule has 0 radical (unpaired) electrons. The molecule has 3 rings (SSSR count). The minimum Gasteiger partial charge on any atom is -0.481 e. The predicted molar refractivity (Wildman–Crippen MR) is 166 cm³/mol. The SMILES string of the molecule is CCn1c(N2CCC(C)CC2)c(C=C2SC(=S)N(CCCCCCCCCCC(=O)O)C2=O)c(C)c(C#N)c1=O. The molecular formula is C30H42N4O4S2. The van der Waals surface area contributed by atoms with Crippen LogP contribution in [0.5, 0.6) is 0 Å². The Morgan fingerprint density at radius 3 is 2.27 bits per heavy atom. The number of hydrogen-bond acceptors (Lipinski definition) is 7. The molecule has 218 valence electrons. The molecule has 2 fully saturated rings. The van der Waals surface area contributed by atoms with E-state index in [0.29, 0.717) is 33.8 Å². The van der Waals surface area contributed by atoms with Crippen LogP contribution in [0.25, 0.3) is 6.08 Å². The van der Waals surface area contributed by atoms with Gasteiger partial charge in [-0.15, -0.1) is 0 Å². The van der Waals surface area contributed by atoms with E-state index in [1.165, 1.54) is 11.8 Å². The normalized spacial score (nSPS) is 17.2. The largest absolute Gasteiger partial charge is 0.481 e. The molecule has 8 nitrogen and oxygen atoms in total. The van der Waals surface area contributed by atoms with E-state index in [1.807, 2.05) is 13.0 Å². The number of nitrogens with zero attached hydrogens (tertiary/aromatic N) is 4. The van der Waals surface area contributed by atoms with E-state index in [4.69, 9.17) is 17.3 Å². The first kappa shape index (κ1) is 31.9. The van der Waals surface area contributed by atoms with Gasteiger partial charge in [0.05, 0.1) is 4.91 Å². The number of carboxylic acids is 1. The smallest absolute Gasteiger partial charge is 0.303 e. The van der Waals surface area contributed by atoms with E-state index in [1.54, 1.807) is 16.4 Å². The second-order valence-electron chi connectivity index (χ2n) is 10.9. The number of carboxylic acid groups (broad SMARTS) is 1. The minimum absolute atomic E-state index is 0.112. The Balaban J connectivity index is 1.69. The van der Waals surface area contributed by atoms with Crippen molar-refractivity contribution in [1.29, 1.82) is 5.26 Å². The summed E-state index contributed by atoms with van der Waals surface area (Å²) < 4.78 is 2.23. The van der Waals surface area contributed by atoms with Crippen LogP contribution in [-0.2, 0) is 16.1 Å². The highest BCUT2D eigenvalue weighted by atomic mass is 32.2. The van der Waals surface area contributed by atoms with Crippen molar-refractivity contribution in [3.8, 4) is 6.07 Å². The zero-order chi connectivity index (χ0) is 29.2. The highest BCUT2D eigenvalue weighted by molar-refractivity contribution is 8.26. The van der Waals surface area contributed by atoms with Gasteiger partial charge in [-0.05, 0) is 57.1 Å². The summed E-state index contributed by atoms with van der Waals surface area (Å²) in [5.41, 5.74) is 1.22. The number of aromatic nitrogens is 1. The van der Waals surface area contributed by atoms with Crippen molar-refractivity contribution in [2.24, 2.45) is 5.92 Å². The second kappa shape index (κ2) is 15.4. The first-order chi connectivity index (χ1) is 19.2. The lowest BCUT2D eigenvalue weighted by molar-refractivity contribution is -0.137. The summed E-state index contributed by atoms with van der Waals surface area (Å²) in [4.78, 5) is 41.6. The lowest BCUT2D eigenvalue weighted by atomic mass is 9.97. The number of aliphatic carboxylic acids is 1. The molecule has 10 heteroatoms. The van der Waals surface area contributed by atoms with Gasteiger partial charge in [-0.25, -0.2) is 0 Å². The molecule has 1 aromatic rings. The zero-order valence-corrected chi connectivity index (χ0v) is 25.7. The quantitative estimate of drug-likeness (QED) is 0.159. The Labute approximate surface area is 247 Å². The molecule has 0 aliphatic carbocycles. The Morgan fingerprint density at radius 2 is 1.70 bits per heavy atom. The number of thioether (sulfide) groups is 1. The van der Waals surface area contributed by atoms with E-state index in [9.17, 15) is 19.6 Å². The van der Waals surface area contributed by atoms with Crippen LogP contribution in [0.3, 0.4) is 0 Å². The monoisotopic (exact) mass is 586 g/mol. The first-order valence-electron chi connectivity index (χ1n) is 14.6. The molecule has 2 saturated heterocycles. The number of piperidine rings is 1. The van der Waals surface area contributed by atoms with Crippen LogP contribution in [0.4, 0.5) is 5.82 Å². The van der Waals surface area contributed by atoms with Crippen LogP contribution in [0.2, 0.25) is 0 Å². The first-order valence-corrected chi connectivity index (χ1v) is 15.8. The number of rotatable bonds is 14. The number of pyridine rings is 1. The second-order valence-corrected chi connectivity index (χ2v) is 12.5. The Bertz CT molecular complexity index is 1230. The maximum atomic E-state index is 13.4. The predicted octanol–water partition coefficient (Wildman–Crippen LogP) is 6.08. The van der Waals surface area contributed by atoms with Crippen molar-refractivity contribution in [3.63, 3.8) is 0 Å². The Morgan fingerprint density at radius 1 is 1.10 bits per heavy atom. The molecule has 0 unspecified atom stereocenters. The summed E-state index contributed by atoms with van der Waals surface area (Å²) in [7, 11) is 0. The van der Waals surface area contributed by atoms with E-state index in [0.717, 1.165) is 88.7 Å². The third-order valence-corrected chi connectivity index (χ3v) is 9.29. The average Bonchev–Trinajstić information content (AvgIpc) is 3.19. The summed E-state index contributed by atoms with van der Waals surface area (Å²) in [6, 6.07) is 2.10. The molecule has 1 N–H and O–H groups in total. The number of thiocarbonyl (C=S) groups is 1. The highest BCUT2D eigenvalue weighted by Crippen LogP contribution is 2.37. The van der Waals surface area contributed by atoms with Crippen LogP contribution in [-0.4, -0.2) is 50.4 Å². The molecule has 2 aliphatic rings. The van der Waals surface area contributed by atoms with Gasteiger partial charge in [0.2, 0.25) is 0 Å². The fourth-order valence-electron chi connectivity index (χ4n) is 5.43. The number of hydrogen-bond donors (Lipinski definition) is 1. The van der Waals surface area contributed by atoms with Crippen LogP contribution < -0.4 is 10.5 Å². The molecular weight excluding hydrogens is 544 g/mol.